The van der Waals surface area contributed by atoms with Gasteiger partial charge in [-0.15, -0.1) is 0 Å². The van der Waals surface area contributed by atoms with Crippen LogP contribution in [0.3, 0.4) is 0 Å². The van der Waals surface area contributed by atoms with Crippen molar-refractivity contribution in [1.29, 1.82) is 0 Å². The van der Waals surface area contributed by atoms with E-state index >= 15 is 0 Å². The molecule has 0 aromatic carbocycles. The van der Waals surface area contributed by atoms with Crippen molar-refractivity contribution in [3.8, 4) is 0 Å². The summed E-state index contributed by atoms with van der Waals surface area (Å²) < 4.78 is 5.79. The predicted octanol–water partition coefficient (Wildman–Crippen LogP) is 1.44. The van der Waals surface area contributed by atoms with E-state index in [-0.39, 0.29) is 0 Å². The van der Waals surface area contributed by atoms with Crippen LogP contribution in [0.15, 0.2) is 0 Å². The number of nitrogens with two attached hydrogens (primary N) is 1. The summed E-state index contributed by atoms with van der Waals surface area (Å²) in [5, 5.41) is 0. The van der Waals surface area contributed by atoms with E-state index in [2.05, 4.69) is 0 Å². The zero-order valence-corrected chi connectivity index (χ0v) is 7.01. The summed E-state index contributed by atoms with van der Waals surface area (Å²) in [6.45, 7) is 0.710. The van der Waals surface area contributed by atoms with Gasteiger partial charge in [0.15, 0.2) is 0 Å². The van der Waals surface area contributed by atoms with Crippen LogP contribution in [0, 0.1) is 0 Å². The summed E-state index contributed by atoms with van der Waals surface area (Å²) in [6.07, 6.45) is 8.29. The SMILES string of the molecule is NCC1CC2(CCCCC2)O1. The first-order chi connectivity index (χ1) is 5.35. The molecule has 1 spiro atoms. The van der Waals surface area contributed by atoms with Gasteiger partial charge in [-0.3, -0.25) is 0 Å². The van der Waals surface area contributed by atoms with Crippen molar-refractivity contribution in [1.82, 2.24) is 0 Å². The number of ether oxygens (including phenoxy) is 1. The third-order valence-corrected chi connectivity index (χ3v) is 3.04. The van der Waals surface area contributed by atoms with Crippen LogP contribution in [0.25, 0.3) is 0 Å². The van der Waals surface area contributed by atoms with Crippen molar-refractivity contribution in [3.05, 3.63) is 0 Å². The molecule has 1 saturated carbocycles. The van der Waals surface area contributed by atoms with Gasteiger partial charge in [-0.1, -0.05) is 19.3 Å². The van der Waals surface area contributed by atoms with Gasteiger partial charge in [0, 0.05) is 13.0 Å². The molecule has 64 valence electrons. The van der Waals surface area contributed by atoms with Crippen molar-refractivity contribution in [2.75, 3.05) is 6.54 Å². The lowest BCUT2D eigenvalue weighted by Gasteiger charge is -2.50. The molecule has 0 radical (unpaired) electrons. The van der Waals surface area contributed by atoms with Crippen molar-refractivity contribution in [2.45, 2.75) is 50.2 Å². The highest BCUT2D eigenvalue weighted by atomic mass is 16.5. The Morgan fingerprint density at radius 2 is 1.91 bits per heavy atom. The van der Waals surface area contributed by atoms with Gasteiger partial charge >= 0.3 is 0 Å². The first-order valence-electron chi connectivity index (χ1n) is 4.73. The van der Waals surface area contributed by atoms with Gasteiger partial charge < -0.3 is 10.5 Å². The van der Waals surface area contributed by atoms with Gasteiger partial charge in [-0.2, -0.15) is 0 Å². The second kappa shape index (κ2) is 2.76. The van der Waals surface area contributed by atoms with Crippen LogP contribution in [0.5, 0.6) is 0 Å². The van der Waals surface area contributed by atoms with Crippen LogP contribution >= 0.6 is 0 Å². The van der Waals surface area contributed by atoms with Crippen LogP contribution < -0.4 is 5.73 Å². The molecule has 2 N–H and O–H groups in total. The predicted molar refractivity (Wildman–Crippen MR) is 44.4 cm³/mol. The molecule has 1 aliphatic carbocycles. The fourth-order valence-corrected chi connectivity index (χ4v) is 2.41. The average Bonchev–Trinajstić information content (AvgIpc) is 2.01. The molecule has 2 aliphatic rings. The summed E-state index contributed by atoms with van der Waals surface area (Å²) in [7, 11) is 0. The maximum atomic E-state index is 5.79. The van der Waals surface area contributed by atoms with E-state index < -0.39 is 0 Å². The maximum absolute atomic E-state index is 5.79. The summed E-state index contributed by atoms with van der Waals surface area (Å²) in [5.41, 5.74) is 5.79. The molecular formula is C9H17NO. The molecule has 2 nitrogen and oxygen atoms in total. The molecule has 1 saturated heterocycles. The Balaban J connectivity index is 1.84. The summed E-state index contributed by atoms with van der Waals surface area (Å²) in [6, 6.07) is 0. The van der Waals surface area contributed by atoms with E-state index in [1.165, 1.54) is 38.5 Å². The first kappa shape index (κ1) is 7.56. The highest BCUT2D eigenvalue weighted by molar-refractivity contribution is 4.95. The fourth-order valence-electron chi connectivity index (χ4n) is 2.41. The van der Waals surface area contributed by atoms with E-state index in [4.69, 9.17) is 10.5 Å². The molecule has 1 aliphatic heterocycles. The molecule has 0 aromatic rings. The molecule has 0 amide bonds. The molecule has 0 aromatic heterocycles. The number of hydrogen-bond donors (Lipinski definition) is 1. The van der Waals surface area contributed by atoms with E-state index in [0.717, 1.165) is 0 Å². The monoisotopic (exact) mass is 155 g/mol. The number of rotatable bonds is 1. The van der Waals surface area contributed by atoms with Gasteiger partial charge in [0.25, 0.3) is 0 Å². The second-order valence-electron chi connectivity index (χ2n) is 3.92. The summed E-state index contributed by atoms with van der Waals surface area (Å²) >= 11 is 0. The van der Waals surface area contributed by atoms with Gasteiger partial charge in [0.05, 0.1) is 11.7 Å². The highest BCUT2D eigenvalue weighted by Gasteiger charge is 2.44. The minimum absolute atomic E-state index is 0.294. The van der Waals surface area contributed by atoms with E-state index in [0.29, 0.717) is 18.2 Å². The van der Waals surface area contributed by atoms with Crippen LogP contribution in [-0.4, -0.2) is 18.2 Å². The third kappa shape index (κ3) is 1.30. The van der Waals surface area contributed by atoms with Crippen molar-refractivity contribution in [2.24, 2.45) is 5.73 Å². The van der Waals surface area contributed by atoms with Gasteiger partial charge in [-0.25, -0.2) is 0 Å². The minimum atomic E-state index is 0.294. The van der Waals surface area contributed by atoms with Crippen LogP contribution in [-0.2, 0) is 4.74 Å². The molecule has 11 heavy (non-hydrogen) atoms. The Hall–Kier alpha value is -0.0800. The molecule has 2 heteroatoms. The average molecular weight is 155 g/mol. The van der Waals surface area contributed by atoms with Crippen LogP contribution in [0.4, 0.5) is 0 Å². The zero-order valence-electron chi connectivity index (χ0n) is 7.01. The standard InChI is InChI=1S/C9H17NO/c10-7-8-6-9(11-8)4-2-1-3-5-9/h8H,1-7,10H2. The quantitative estimate of drug-likeness (QED) is 0.622. The van der Waals surface area contributed by atoms with Gasteiger partial charge in [-0.05, 0) is 12.8 Å². The Bertz CT molecular complexity index is 132. The van der Waals surface area contributed by atoms with Crippen molar-refractivity contribution in [3.63, 3.8) is 0 Å². The van der Waals surface area contributed by atoms with E-state index in [1.54, 1.807) is 0 Å². The number of hydrogen-bond acceptors (Lipinski definition) is 2. The lowest BCUT2D eigenvalue weighted by molar-refractivity contribution is -0.215. The lowest BCUT2D eigenvalue weighted by Crippen LogP contribution is -2.54. The van der Waals surface area contributed by atoms with E-state index in [1.807, 2.05) is 0 Å². The van der Waals surface area contributed by atoms with Crippen molar-refractivity contribution >= 4 is 0 Å². The Morgan fingerprint density at radius 1 is 1.27 bits per heavy atom. The second-order valence-corrected chi connectivity index (χ2v) is 3.92. The third-order valence-electron chi connectivity index (χ3n) is 3.04. The Morgan fingerprint density at radius 3 is 2.45 bits per heavy atom. The normalized spacial score (nSPS) is 35.2. The van der Waals surface area contributed by atoms with E-state index in [9.17, 15) is 0 Å². The van der Waals surface area contributed by atoms with Crippen LogP contribution in [0.1, 0.15) is 38.5 Å². The zero-order chi connectivity index (χ0) is 7.73. The molecule has 2 fully saturated rings. The van der Waals surface area contributed by atoms with Gasteiger partial charge in [0.2, 0.25) is 0 Å². The largest absolute Gasteiger partial charge is 0.370 e. The minimum Gasteiger partial charge on any atom is -0.370 e. The summed E-state index contributed by atoms with van der Waals surface area (Å²) in [5.74, 6) is 0. The Labute approximate surface area is 68.1 Å². The lowest BCUT2D eigenvalue weighted by atomic mass is 9.76. The topological polar surface area (TPSA) is 35.2 Å². The maximum Gasteiger partial charge on any atom is 0.0732 e. The molecule has 1 heterocycles. The molecule has 2 rings (SSSR count). The Kier molecular flexibility index (Phi) is 1.90. The molecular weight excluding hydrogens is 138 g/mol. The smallest absolute Gasteiger partial charge is 0.0732 e. The van der Waals surface area contributed by atoms with Crippen LogP contribution in [0.2, 0.25) is 0 Å². The summed E-state index contributed by atoms with van der Waals surface area (Å²) in [4.78, 5) is 0. The molecule has 0 bridgehead atoms. The highest BCUT2D eigenvalue weighted by Crippen LogP contribution is 2.43. The fraction of sp³-hybridized carbons (Fsp3) is 1.00. The van der Waals surface area contributed by atoms with Crippen molar-refractivity contribution < 1.29 is 4.74 Å². The first-order valence-corrected chi connectivity index (χ1v) is 4.73. The van der Waals surface area contributed by atoms with Gasteiger partial charge in [0.1, 0.15) is 0 Å². The molecule has 1 atom stereocenters. The molecule has 1 unspecified atom stereocenters.